The van der Waals surface area contributed by atoms with Crippen LogP contribution in [-0.2, 0) is 9.53 Å². The lowest BCUT2D eigenvalue weighted by Gasteiger charge is -2.30. The summed E-state index contributed by atoms with van der Waals surface area (Å²) in [6, 6.07) is -0.662. The normalized spacial score (nSPS) is 29.6. The highest BCUT2D eigenvalue weighted by Crippen LogP contribution is 2.26. The van der Waals surface area contributed by atoms with E-state index in [4.69, 9.17) is 10.5 Å². The van der Waals surface area contributed by atoms with Gasteiger partial charge in [-0.15, -0.1) is 0 Å². The van der Waals surface area contributed by atoms with E-state index in [0.717, 1.165) is 25.7 Å². The summed E-state index contributed by atoms with van der Waals surface area (Å²) in [4.78, 5) is 11.3. The third-order valence-electron chi connectivity index (χ3n) is 2.80. The van der Waals surface area contributed by atoms with Gasteiger partial charge in [0.25, 0.3) is 0 Å². The van der Waals surface area contributed by atoms with Crippen LogP contribution in [0.15, 0.2) is 0 Å². The van der Waals surface area contributed by atoms with E-state index in [1.165, 1.54) is 0 Å². The van der Waals surface area contributed by atoms with E-state index in [2.05, 4.69) is 0 Å². The van der Waals surface area contributed by atoms with E-state index in [0.29, 0.717) is 6.61 Å². The van der Waals surface area contributed by atoms with Crippen molar-refractivity contribution in [2.45, 2.75) is 44.8 Å². The number of esters is 1. The van der Waals surface area contributed by atoms with Gasteiger partial charge in [-0.3, -0.25) is 4.79 Å². The zero-order chi connectivity index (χ0) is 10.6. The largest absolute Gasteiger partial charge is 0.465 e. The van der Waals surface area contributed by atoms with Gasteiger partial charge in [-0.1, -0.05) is 12.8 Å². The van der Waals surface area contributed by atoms with Crippen molar-refractivity contribution < 1.29 is 14.6 Å². The molecule has 1 aliphatic rings. The Labute approximate surface area is 84.4 Å². The van der Waals surface area contributed by atoms with Gasteiger partial charge in [0.1, 0.15) is 6.04 Å². The Morgan fingerprint density at radius 1 is 1.57 bits per heavy atom. The van der Waals surface area contributed by atoms with Crippen molar-refractivity contribution in [1.29, 1.82) is 0 Å². The molecule has 0 amide bonds. The van der Waals surface area contributed by atoms with Gasteiger partial charge in [0.15, 0.2) is 0 Å². The lowest BCUT2D eigenvalue weighted by atomic mass is 9.82. The van der Waals surface area contributed by atoms with Crippen molar-refractivity contribution in [3.8, 4) is 0 Å². The quantitative estimate of drug-likeness (QED) is 0.649. The minimum atomic E-state index is -0.662. The van der Waals surface area contributed by atoms with Crippen LogP contribution in [0.2, 0.25) is 0 Å². The molecule has 0 bridgehead atoms. The smallest absolute Gasteiger partial charge is 0.323 e. The van der Waals surface area contributed by atoms with Crippen molar-refractivity contribution in [2.75, 3.05) is 6.61 Å². The van der Waals surface area contributed by atoms with E-state index in [1.54, 1.807) is 6.92 Å². The molecule has 1 aliphatic carbocycles. The molecule has 0 aromatic heterocycles. The predicted octanol–water partition coefficient (Wildman–Crippen LogP) is 0.428. The number of nitrogens with two attached hydrogens (primary N) is 1. The summed E-state index contributed by atoms with van der Waals surface area (Å²) < 4.78 is 4.83. The van der Waals surface area contributed by atoms with Gasteiger partial charge in [0.2, 0.25) is 0 Å². The monoisotopic (exact) mass is 201 g/mol. The second-order valence-corrected chi connectivity index (χ2v) is 3.79. The number of carbonyl (C=O) groups is 1. The molecule has 2 unspecified atom stereocenters. The van der Waals surface area contributed by atoms with Crippen molar-refractivity contribution in [3.05, 3.63) is 0 Å². The number of hydrogen-bond donors (Lipinski definition) is 2. The summed E-state index contributed by atoms with van der Waals surface area (Å²) in [6.07, 6.45) is 3.18. The fourth-order valence-corrected chi connectivity index (χ4v) is 1.97. The molecule has 1 rings (SSSR count). The van der Waals surface area contributed by atoms with E-state index in [9.17, 15) is 9.90 Å². The number of hydrogen-bond acceptors (Lipinski definition) is 4. The molecule has 0 aliphatic heterocycles. The SMILES string of the molecule is CCOC(=O)[C@@H](N)C1CCCCC1O. The van der Waals surface area contributed by atoms with Gasteiger partial charge in [-0.2, -0.15) is 0 Å². The molecule has 0 heterocycles. The van der Waals surface area contributed by atoms with Crippen LogP contribution < -0.4 is 5.73 Å². The van der Waals surface area contributed by atoms with Gasteiger partial charge < -0.3 is 15.6 Å². The minimum Gasteiger partial charge on any atom is -0.465 e. The Bertz CT molecular complexity index is 196. The van der Waals surface area contributed by atoms with Gasteiger partial charge in [0, 0.05) is 5.92 Å². The predicted molar refractivity (Wildman–Crippen MR) is 52.6 cm³/mol. The number of aliphatic hydroxyl groups excluding tert-OH is 1. The molecule has 0 radical (unpaired) electrons. The first kappa shape index (κ1) is 11.5. The average Bonchev–Trinajstić information content (AvgIpc) is 2.18. The van der Waals surface area contributed by atoms with Crippen molar-refractivity contribution in [2.24, 2.45) is 11.7 Å². The molecule has 3 atom stereocenters. The second-order valence-electron chi connectivity index (χ2n) is 3.79. The van der Waals surface area contributed by atoms with E-state index < -0.39 is 18.1 Å². The summed E-state index contributed by atoms with van der Waals surface area (Å²) in [6.45, 7) is 2.09. The molecule has 4 nitrogen and oxygen atoms in total. The highest BCUT2D eigenvalue weighted by atomic mass is 16.5. The summed E-state index contributed by atoms with van der Waals surface area (Å²) in [7, 11) is 0. The summed E-state index contributed by atoms with van der Waals surface area (Å²) in [5, 5.41) is 9.67. The maximum absolute atomic E-state index is 11.3. The van der Waals surface area contributed by atoms with Crippen molar-refractivity contribution in [3.63, 3.8) is 0 Å². The number of ether oxygens (including phenoxy) is 1. The number of aliphatic hydroxyl groups is 1. The van der Waals surface area contributed by atoms with Gasteiger partial charge in [0.05, 0.1) is 12.7 Å². The fraction of sp³-hybridized carbons (Fsp3) is 0.900. The molecule has 0 aromatic rings. The maximum atomic E-state index is 11.3. The van der Waals surface area contributed by atoms with Gasteiger partial charge in [-0.05, 0) is 19.8 Å². The molecule has 82 valence electrons. The average molecular weight is 201 g/mol. The minimum absolute atomic E-state index is 0.122. The van der Waals surface area contributed by atoms with Crippen molar-refractivity contribution >= 4 is 5.97 Å². The first-order valence-electron chi connectivity index (χ1n) is 5.27. The molecule has 14 heavy (non-hydrogen) atoms. The molecule has 1 saturated carbocycles. The van der Waals surface area contributed by atoms with Crippen LogP contribution in [0.3, 0.4) is 0 Å². The standard InChI is InChI=1S/C10H19NO3/c1-2-14-10(13)9(11)7-5-3-4-6-8(7)12/h7-9,12H,2-6,11H2,1H3/t7?,8?,9-/m0/s1. The molecule has 3 N–H and O–H groups in total. The Hall–Kier alpha value is -0.610. The Balaban J connectivity index is 2.48. The van der Waals surface area contributed by atoms with Crippen LogP contribution in [0.4, 0.5) is 0 Å². The molecule has 0 aromatic carbocycles. The number of carbonyl (C=O) groups excluding carboxylic acids is 1. The third-order valence-corrected chi connectivity index (χ3v) is 2.80. The lowest BCUT2D eigenvalue weighted by molar-refractivity contribution is -0.147. The Morgan fingerprint density at radius 3 is 2.79 bits per heavy atom. The van der Waals surface area contributed by atoms with Crippen LogP contribution in [0.1, 0.15) is 32.6 Å². The zero-order valence-electron chi connectivity index (χ0n) is 8.61. The van der Waals surface area contributed by atoms with Crippen LogP contribution in [-0.4, -0.2) is 29.8 Å². The van der Waals surface area contributed by atoms with E-state index >= 15 is 0 Å². The second kappa shape index (κ2) is 5.32. The molecular formula is C10H19NO3. The molecule has 1 fully saturated rings. The van der Waals surface area contributed by atoms with Gasteiger partial charge in [-0.25, -0.2) is 0 Å². The highest BCUT2D eigenvalue weighted by Gasteiger charge is 2.33. The van der Waals surface area contributed by atoms with Gasteiger partial charge >= 0.3 is 5.97 Å². The Kier molecular flexibility index (Phi) is 4.35. The molecular weight excluding hydrogens is 182 g/mol. The van der Waals surface area contributed by atoms with Crippen molar-refractivity contribution in [1.82, 2.24) is 0 Å². The summed E-state index contributed by atoms with van der Waals surface area (Å²) in [5.74, 6) is -0.513. The van der Waals surface area contributed by atoms with Crippen LogP contribution in [0.5, 0.6) is 0 Å². The van der Waals surface area contributed by atoms with E-state index in [-0.39, 0.29) is 5.92 Å². The first-order chi connectivity index (χ1) is 6.66. The number of rotatable bonds is 3. The third kappa shape index (κ3) is 2.69. The molecule has 4 heteroatoms. The Morgan fingerprint density at radius 2 is 2.21 bits per heavy atom. The van der Waals surface area contributed by atoms with Crippen LogP contribution in [0.25, 0.3) is 0 Å². The highest BCUT2D eigenvalue weighted by molar-refractivity contribution is 5.75. The fourth-order valence-electron chi connectivity index (χ4n) is 1.97. The van der Waals surface area contributed by atoms with Crippen LogP contribution in [0, 0.1) is 5.92 Å². The topological polar surface area (TPSA) is 72.5 Å². The van der Waals surface area contributed by atoms with Crippen LogP contribution >= 0.6 is 0 Å². The zero-order valence-corrected chi connectivity index (χ0v) is 8.61. The lowest BCUT2D eigenvalue weighted by Crippen LogP contribution is -2.46. The molecule has 0 saturated heterocycles. The first-order valence-corrected chi connectivity index (χ1v) is 5.27. The van der Waals surface area contributed by atoms with E-state index in [1.807, 2.05) is 0 Å². The summed E-state index contributed by atoms with van der Waals surface area (Å²) >= 11 is 0. The summed E-state index contributed by atoms with van der Waals surface area (Å²) in [5.41, 5.74) is 5.73. The molecule has 0 spiro atoms. The maximum Gasteiger partial charge on any atom is 0.323 e.